The molecule has 8 aromatic rings. The van der Waals surface area contributed by atoms with Gasteiger partial charge in [-0.3, -0.25) is 13.7 Å². The quantitative estimate of drug-likeness (QED) is 0.0495. The number of urea groups is 1. The molecule has 5 heterocycles. The first kappa shape index (κ1) is 87.8. The Kier molecular flexibility index (Phi) is 44.2. The summed E-state index contributed by atoms with van der Waals surface area (Å²) in [5, 5.41) is 9.41. The van der Waals surface area contributed by atoms with Gasteiger partial charge in [0.2, 0.25) is 0 Å². The SMILES string of the molecule is CC(C)COc1ccc(CN)cc1.CC(C)COc1ccc(CNC(=O)N(Cc2ccc(F)cc2)C2CCN(C)CC2)cc1.CC(C)COc1ccc(CNC(=O)n2ccnc2)cc1.CN1CCC(NCc2ccc(F)cc2)CC1.I.II(I)I(I)I.O=C(n1ccnc1)n1ccnc1. The Morgan fingerprint density at radius 3 is 1.25 bits per heavy atom. The number of hydrogen-bond donors (Lipinski definition) is 4. The number of aromatic nitrogens is 6. The third kappa shape index (κ3) is 37.1. The maximum absolute atomic E-state index is 13.3. The molecule has 2 aliphatic rings. The van der Waals surface area contributed by atoms with Crippen LogP contribution >= 0.6 is 114 Å². The van der Waals surface area contributed by atoms with Crippen LogP contribution in [-0.4, -0.2) is 134 Å². The number of imidazole rings is 3. The molecule has 2 aliphatic heterocycles. The maximum Gasteiger partial charge on any atom is 0.338 e. The van der Waals surface area contributed by atoms with Crippen LogP contribution in [0.3, 0.4) is 0 Å². The third-order valence-corrected chi connectivity index (χ3v) is 180. The van der Waals surface area contributed by atoms with Crippen molar-refractivity contribution in [2.75, 3.05) is 60.1 Å². The van der Waals surface area contributed by atoms with Crippen molar-refractivity contribution < 1.29 is 37.4 Å². The second-order valence-electron chi connectivity index (χ2n) is 24.5. The van der Waals surface area contributed by atoms with E-state index >= 15 is 0 Å². The van der Waals surface area contributed by atoms with Crippen LogP contribution in [0.15, 0.2) is 177 Å². The molecule has 5 aromatic carbocycles. The van der Waals surface area contributed by atoms with Gasteiger partial charge in [-0.15, -0.1) is 24.0 Å². The number of rotatable bonds is 21. The van der Waals surface area contributed by atoms with E-state index in [9.17, 15) is 23.2 Å². The van der Waals surface area contributed by atoms with Crippen molar-refractivity contribution in [1.29, 1.82) is 0 Å². The van der Waals surface area contributed by atoms with Crippen LogP contribution in [0.5, 0.6) is 17.2 Å². The zero-order valence-electron chi connectivity index (χ0n) is 57.4. The first-order chi connectivity index (χ1) is 47.0. The molecule has 0 bridgehead atoms. The van der Waals surface area contributed by atoms with E-state index < -0.39 is 0 Å². The largest absolute Gasteiger partial charge is 0.338 e. The average molecular weight is 2150 g/mol. The number of hydrogen-bond acceptors (Lipinski definition) is 13. The summed E-state index contributed by atoms with van der Waals surface area (Å²) in [7, 11) is 3.64. The number of likely N-dealkylation sites (tertiary alicyclic amines) is 2. The summed E-state index contributed by atoms with van der Waals surface area (Å²) in [6.07, 6.45) is 18.1. The topological polar surface area (TPSA) is 204 Å². The van der Waals surface area contributed by atoms with Crippen molar-refractivity contribution in [3.63, 3.8) is 0 Å². The molecule has 2 saturated heterocycles. The van der Waals surface area contributed by atoms with Gasteiger partial charge in [0.1, 0.15) is 47.9 Å². The molecule has 0 saturated carbocycles. The Morgan fingerprint density at radius 1 is 0.525 bits per heavy atom. The van der Waals surface area contributed by atoms with Crippen LogP contribution < -0.4 is 35.9 Å². The van der Waals surface area contributed by atoms with Crippen molar-refractivity contribution in [2.24, 2.45) is 23.5 Å². The third-order valence-electron chi connectivity index (χ3n) is 14.8. The summed E-state index contributed by atoms with van der Waals surface area (Å²) in [5.74, 6) is 3.73. The molecule has 5 N–H and O–H groups in total. The fraction of sp³-hybridized carbons (Fsp3) is 0.408. The number of piperidine rings is 2. The Bertz CT molecular complexity index is 3370. The van der Waals surface area contributed by atoms with Gasteiger partial charge in [0.05, 0.1) is 19.8 Å². The molecule has 0 unspecified atom stereocenters. The second-order valence-corrected chi connectivity index (χ2v) is 122. The molecule has 10 rings (SSSR count). The smallest absolute Gasteiger partial charge is 0.257 e. The molecule has 0 aliphatic carbocycles. The molecule has 544 valence electrons. The minimum Gasteiger partial charge on any atom is -0.257 e. The van der Waals surface area contributed by atoms with E-state index in [4.69, 9.17) is 19.9 Å². The van der Waals surface area contributed by atoms with E-state index in [1.54, 1.807) is 49.3 Å². The van der Waals surface area contributed by atoms with Gasteiger partial charge in [0.15, 0.2) is 0 Å². The van der Waals surface area contributed by atoms with Gasteiger partial charge in [0.25, 0.3) is 0 Å². The number of benzene rings is 5. The molecule has 3 aromatic heterocycles. The van der Waals surface area contributed by atoms with Crippen molar-refractivity contribution in [2.45, 2.75) is 112 Å². The molecule has 99 heavy (non-hydrogen) atoms. The van der Waals surface area contributed by atoms with Gasteiger partial charge in [-0.2, -0.15) is 0 Å². The molecule has 28 heteroatoms. The minimum atomic E-state index is -0.314. The number of nitrogens with zero attached hydrogens (tertiary/aromatic N) is 9. The summed E-state index contributed by atoms with van der Waals surface area (Å²) in [6.45, 7) is 22.0. The molecule has 0 radical (unpaired) electrons. The van der Waals surface area contributed by atoms with Gasteiger partial charge in [-0.05, 0) is 172 Å². The Hall–Kier alpha value is -3.65. The van der Waals surface area contributed by atoms with Crippen molar-refractivity contribution in [3.05, 3.63) is 217 Å². The van der Waals surface area contributed by atoms with Gasteiger partial charge >= 0.3 is 108 Å². The number of carbonyl (C=O) groups is 3. The van der Waals surface area contributed by atoms with Gasteiger partial charge < -0.3 is 50.6 Å². The maximum atomic E-state index is 13.3. The van der Waals surface area contributed by atoms with E-state index in [-0.39, 0.29) is 75.5 Å². The van der Waals surface area contributed by atoms with Crippen LogP contribution in [0, 0.1) is 29.4 Å². The molecule has 0 spiro atoms. The molecule has 2 fully saturated rings. The van der Waals surface area contributed by atoms with E-state index in [1.807, 2.05) is 89.8 Å². The van der Waals surface area contributed by atoms with E-state index in [0.29, 0.717) is 63.2 Å². The van der Waals surface area contributed by atoms with Crippen LogP contribution in [-0.2, 0) is 32.7 Å². The average Bonchev–Trinajstić information content (AvgIpc) is 1.12. The van der Waals surface area contributed by atoms with Crippen molar-refractivity contribution in [3.8, 4) is 17.2 Å². The Balaban J connectivity index is 0.000000267. The van der Waals surface area contributed by atoms with Crippen LogP contribution in [0.1, 0.15) is 95.0 Å². The van der Waals surface area contributed by atoms with E-state index in [1.165, 1.54) is 82.9 Å². The first-order valence-electron chi connectivity index (χ1n) is 32.4. The number of ether oxygens (including phenoxy) is 3. The number of amides is 3. The Labute approximate surface area is 650 Å². The number of nitrogens with one attached hydrogen (secondary N) is 3. The Morgan fingerprint density at radius 2 is 0.879 bits per heavy atom. The van der Waals surface area contributed by atoms with Crippen LogP contribution in [0.25, 0.3) is 0 Å². The predicted molar refractivity (Wildman–Crippen MR) is 457 cm³/mol. The van der Waals surface area contributed by atoms with Crippen LogP contribution in [0.2, 0.25) is 0 Å². The number of carbonyl (C=O) groups excluding carboxylic acids is 3. The number of nitrogens with two attached hydrogens (primary N) is 1. The standard InChI is InChI=1S/C25H34FN3O2.C15H19N3O2.C13H19FN2.C11H17NO.C7H6N4O.I6.HI/c1-19(2)18-31-24-10-6-20(7-11-24)16-27-25(30)29(23-12-14-28(3)15-13-23)17-21-4-8-22(26)9-5-21;1-12(2)10-20-14-5-3-13(4-6-14)9-17-15(19)18-8-7-16-11-18;1-16-8-6-13(7-9-16)15-10-11-2-4-12(14)5-3-11;1-9(2)8-13-11-5-3-10(7-12)4-6-11;12-7(10-3-1-8-5-10)11-4-2-9-6-11;1-5(2)6(3)4;/h4-11,19,23H,12-18H2,1-3H3,(H,27,30);3-8,11-12H,9-10H2,1-2H3,(H,17,19);2-5,13,15H,6-10H2,1H3;3-6,9H,7-8,12H2,1-2H3;1-6H;;1H. The van der Waals surface area contributed by atoms with Crippen molar-refractivity contribution >= 4 is 132 Å². The fourth-order valence-corrected chi connectivity index (χ4v) is 9.26. The molecular weight excluding hydrogens is 2060 g/mol. The summed E-state index contributed by atoms with van der Waals surface area (Å²) in [4.78, 5) is 54.1. The van der Waals surface area contributed by atoms with Crippen LogP contribution in [0.4, 0.5) is 23.2 Å². The van der Waals surface area contributed by atoms with Crippen molar-refractivity contribution in [1.82, 2.24) is 59.3 Å². The number of halogens is 9. The van der Waals surface area contributed by atoms with Gasteiger partial charge in [-0.25, -0.2) is 38.1 Å². The second kappa shape index (κ2) is 49.9. The predicted octanol–water partition coefficient (Wildman–Crippen LogP) is 18.1. The molecule has 19 nitrogen and oxygen atoms in total. The zero-order chi connectivity index (χ0) is 71.2. The molecule has 3 amide bonds. The minimum absolute atomic E-state index is 0. The zero-order valence-corrected chi connectivity index (χ0v) is 72.7. The monoisotopic (exact) mass is 2150 g/mol. The summed E-state index contributed by atoms with van der Waals surface area (Å²) in [5.41, 5.74) is 10.7. The van der Waals surface area contributed by atoms with Gasteiger partial charge in [0, 0.05) is 82.0 Å². The summed E-state index contributed by atoms with van der Waals surface area (Å²) >= 11 is 10.5. The van der Waals surface area contributed by atoms with E-state index in [2.05, 4.69) is 171 Å². The normalized spacial score (nSPS) is 13.4. The summed E-state index contributed by atoms with van der Waals surface area (Å²) < 4.78 is 47.0. The van der Waals surface area contributed by atoms with Gasteiger partial charge in [-0.1, -0.05) is 102 Å². The molecular formula is C71H96F2I7N13O6. The van der Waals surface area contributed by atoms with E-state index in [0.717, 1.165) is 84.1 Å². The molecule has 0 atom stereocenters. The summed E-state index contributed by atoms with van der Waals surface area (Å²) in [6, 6.07) is 36.9. The fourth-order valence-electron chi connectivity index (χ4n) is 9.26. The first-order valence-corrected chi connectivity index (χ1v) is 63.8.